The average Bonchev–Trinajstić information content (AvgIpc) is 3.32. The lowest BCUT2D eigenvalue weighted by Crippen LogP contribution is -2.51. The highest BCUT2D eigenvalue weighted by Gasteiger charge is 2.55. The molecule has 1 aromatic heterocycles. The molecule has 0 radical (unpaired) electrons. The van der Waals surface area contributed by atoms with Gasteiger partial charge in [0.05, 0.1) is 11.1 Å². The van der Waals surface area contributed by atoms with E-state index in [1.807, 2.05) is 35.2 Å². The van der Waals surface area contributed by atoms with Gasteiger partial charge in [0.15, 0.2) is 5.76 Å². The Kier molecular flexibility index (Phi) is 4.29. The first-order chi connectivity index (χ1) is 12.1. The number of carbonyl (C=O) groups excluding carboxylic acids is 1. The lowest BCUT2D eigenvalue weighted by Gasteiger charge is -2.35. The topological polar surface area (TPSA) is 49.6 Å². The summed E-state index contributed by atoms with van der Waals surface area (Å²) in [5.74, 6) is 0.890. The number of halogens is 1. The van der Waals surface area contributed by atoms with E-state index in [2.05, 4.69) is 17.0 Å². The van der Waals surface area contributed by atoms with Crippen LogP contribution >= 0.6 is 11.6 Å². The third-order valence-electron chi connectivity index (χ3n) is 5.40. The normalized spacial score (nSPS) is 19.8. The molecule has 0 unspecified atom stereocenters. The van der Waals surface area contributed by atoms with Crippen molar-refractivity contribution in [2.45, 2.75) is 25.2 Å². The lowest BCUT2D eigenvalue weighted by atomic mass is 9.99. The molecule has 2 aliphatic rings. The molecule has 0 N–H and O–H groups in total. The summed E-state index contributed by atoms with van der Waals surface area (Å²) < 4.78 is 5.52. The molecule has 1 saturated heterocycles. The molecule has 0 atom stereocenters. The maximum absolute atomic E-state index is 13.1. The molecule has 6 heteroatoms. The molecule has 1 amide bonds. The predicted molar refractivity (Wildman–Crippen MR) is 96.6 cm³/mol. The number of aromatic nitrogens is 1. The molecule has 2 heterocycles. The zero-order valence-corrected chi connectivity index (χ0v) is 15.1. The molecule has 0 bridgehead atoms. The van der Waals surface area contributed by atoms with E-state index in [9.17, 15) is 4.79 Å². The van der Waals surface area contributed by atoms with Crippen LogP contribution in [-0.2, 0) is 10.2 Å². The molecule has 1 aliphatic heterocycles. The molecule has 25 heavy (non-hydrogen) atoms. The van der Waals surface area contributed by atoms with Crippen molar-refractivity contribution in [1.82, 2.24) is 15.0 Å². The average molecular weight is 360 g/mol. The first kappa shape index (κ1) is 16.6. The van der Waals surface area contributed by atoms with Crippen molar-refractivity contribution in [2.24, 2.45) is 0 Å². The van der Waals surface area contributed by atoms with E-state index in [1.165, 1.54) is 0 Å². The Balaban J connectivity index is 1.51. The quantitative estimate of drug-likeness (QED) is 0.841. The number of carbonyl (C=O) groups is 1. The second-order valence-corrected chi connectivity index (χ2v) is 7.33. The highest BCUT2D eigenvalue weighted by Crippen LogP contribution is 2.50. The van der Waals surface area contributed by atoms with Crippen LogP contribution in [0, 0.1) is 0 Å². The van der Waals surface area contributed by atoms with Crippen molar-refractivity contribution in [3.05, 3.63) is 41.0 Å². The fourth-order valence-electron chi connectivity index (χ4n) is 3.53. The Labute approximate surface area is 152 Å². The molecular formula is C19H22ClN3O2. The molecule has 0 spiro atoms. The van der Waals surface area contributed by atoms with Crippen LogP contribution in [0.3, 0.4) is 0 Å². The second-order valence-electron chi connectivity index (χ2n) is 6.89. The van der Waals surface area contributed by atoms with Crippen LogP contribution in [0.2, 0.25) is 5.02 Å². The summed E-state index contributed by atoms with van der Waals surface area (Å²) in [7, 11) is 0. The largest absolute Gasteiger partial charge is 0.356 e. The van der Waals surface area contributed by atoms with Crippen LogP contribution in [0.5, 0.6) is 0 Å². The van der Waals surface area contributed by atoms with E-state index in [4.69, 9.17) is 16.1 Å². The van der Waals surface area contributed by atoms with Crippen LogP contribution < -0.4 is 0 Å². The van der Waals surface area contributed by atoms with Crippen molar-refractivity contribution < 1.29 is 9.32 Å². The SMILES string of the molecule is CCN1CCN(C(=O)C2(c3cc(-c4ccc(Cl)cc4)on3)CC2)CC1. The Hall–Kier alpha value is -1.85. The molecule has 1 aromatic carbocycles. The first-order valence-electron chi connectivity index (χ1n) is 8.87. The molecule has 1 aliphatic carbocycles. The van der Waals surface area contributed by atoms with Gasteiger partial charge in [-0.1, -0.05) is 23.7 Å². The highest BCUT2D eigenvalue weighted by molar-refractivity contribution is 6.30. The zero-order valence-electron chi connectivity index (χ0n) is 14.4. The molecule has 132 valence electrons. The summed E-state index contributed by atoms with van der Waals surface area (Å²) in [5, 5.41) is 4.91. The summed E-state index contributed by atoms with van der Waals surface area (Å²) in [4.78, 5) is 17.4. The Morgan fingerprint density at radius 1 is 1.20 bits per heavy atom. The van der Waals surface area contributed by atoms with Gasteiger partial charge in [-0.25, -0.2) is 0 Å². The number of amides is 1. The predicted octanol–water partition coefficient (Wildman–Crippen LogP) is 3.19. The van der Waals surface area contributed by atoms with Crippen LogP contribution in [0.4, 0.5) is 0 Å². The van der Waals surface area contributed by atoms with Gasteiger partial charge in [0.2, 0.25) is 5.91 Å². The number of nitrogens with zero attached hydrogens (tertiary/aromatic N) is 3. The number of likely N-dealkylation sites (N-methyl/N-ethyl adjacent to an activating group) is 1. The minimum atomic E-state index is -0.470. The van der Waals surface area contributed by atoms with Crippen LogP contribution in [-0.4, -0.2) is 53.6 Å². The van der Waals surface area contributed by atoms with Gasteiger partial charge in [0.1, 0.15) is 0 Å². The molecule has 1 saturated carbocycles. The Bertz CT molecular complexity index is 759. The van der Waals surface area contributed by atoms with E-state index >= 15 is 0 Å². The second kappa shape index (κ2) is 6.46. The molecule has 4 rings (SSSR count). The molecule has 2 aromatic rings. The third-order valence-corrected chi connectivity index (χ3v) is 5.65. The fourth-order valence-corrected chi connectivity index (χ4v) is 3.65. The molecule has 2 fully saturated rings. The van der Waals surface area contributed by atoms with E-state index in [1.54, 1.807) is 0 Å². The van der Waals surface area contributed by atoms with Gasteiger partial charge in [0, 0.05) is 42.8 Å². The monoisotopic (exact) mass is 359 g/mol. The van der Waals surface area contributed by atoms with Crippen molar-refractivity contribution in [1.29, 1.82) is 0 Å². The number of benzene rings is 1. The number of hydrogen-bond donors (Lipinski definition) is 0. The first-order valence-corrected chi connectivity index (χ1v) is 9.25. The lowest BCUT2D eigenvalue weighted by molar-refractivity contribution is -0.135. The van der Waals surface area contributed by atoms with Crippen LogP contribution in [0.25, 0.3) is 11.3 Å². The van der Waals surface area contributed by atoms with Gasteiger partial charge in [0.25, 0.3) is 0 Å². The minimum absolute atomic E-state index is 0.208. The van der Waals surface area contributed by atoms with Gasteiger partial charge in [-0.15, -0.1) is 0 Å². The Morgan fingerprint density at radius 2 is 1.88 bits per heavy atom. The van der Waals surface area contributed by atoms with E-state index in [0.717, 1.165) is 56.8 Å². The number of rotatable bonds is 4. The summed E-state index contributed by atoms with van der Waals surface area (Å²) in [6, 6.07) is 9.36. The van der Waals surface area contributed by atoms with Crippen molar-refractivity contribution in [2.75, 3.05) is 32.7 Å². The van der Waals surface area contributed by atoms with Gasteiger partial charge in [-0.2, -0.15) is 0 Å². The summed E-state index contributed by atoms with van der Waals surface area (Å²) in [6.07, 6.45) is 1.71. The molecular weight excluding hydrogens is 338 g/mol. The minimum Gasteiger partial charge on any atom is -0.356 e. The third kappa shape index (κ3) is 3.07. The number of hydrogen-bond acceptors (Lipinski definition) is 4. The van der Waals surface area contributed by atoms with Crippen LogP contribution in [0.15, 0.2) is 34.9 Å². The van der Waals surface area contributed by atoms with Gasteiger partial charge in [-0.05, 0) is 43.7 Å². The van der Waals surface area contributed by atoms with Gasteiger partial charge >= 0.3 is 0 Å². The van der Waals surface area contributed by atoms with Crippen LogP contribution in [0.1, 0.15) is 25.5 Å². The summed E-state index contributed by atoms with van der Waals surface area (Å²) in [5.41, 5.74) is 1.21. The van der Waals surface area contributed by atoms with Crippen molar-refractivity contribution in [3.63, 3.8) is 0 Å². The van der Waals surface area contributed by atoms with Gasteiger partial charge < -0.3 is 14.3 Å². The molecule has 5 nitrogen and oxygen atoms in total. The summed E-state index contributed by atoms with van der Waals surface area (Å²) >= 11 is 5.94. The highest BCUT2D eigenvalue weighted by atomic mass is 35.5. The fraction of sp³-hybridized carbons (Fsp3) is 0.474. The van der Waals surface area contributed by atoms with Gasteiger partial charge in [-0.3, -0.25) is 4.79 Å². The zero-order chi connectivity index (χ0) is 17.4. The maximum Gasteiger partial charge on any atom is 0.235 e. The summed E-state index contributed by atoms with van der Waals surface area (Å²) in [6.45, 7) is 6.71. The van der Waals surface area contributed by atoms with Crippen molar-refractivity contribution in [3.8, 4) is 11.3 Å². The standard InChI is InChI=1S/C19H22ClN3O2/c1-2-22-9-11-23(12-10-22)18(24)19(7-8-19)17-13-16(25-21-17)14-3-5-15(20)6-4-14/h3-6,13H,2,7-12H2,1H3. The Morgan fingerprint density at radius 3 is 2.48 bits per heavy atom. The van der Waals surface area contributed by atoms with Crippen molar-refractivity contribution >= 4 is 17.5 Å². The maximum atomic E-state index is 13.1. The van der Waals surface area contributed by atoms with E-state index < -0.39 is 5.41 Å². The van der Waals surface area contributed by atoms with E-state index in [-0.39, 0.29) is 5.91 Å². The number of piperazine rings is 1. The van der Waals surface area contributed by atoms with E-state index in [0.29, 0.717) is 10.8 Å². The smallest absolute Gasteiger partial charge is 0.235 e.